The number of amides is 1. The van der Waals surface area contributed by atoms with Gasteiger partial charge in [-0.15, -0.1) is 11.8 Å². The van der Waals surface area contributed by atoms with Crippen LogP contribution in [0.1, 0.15) is 21.5 Å². The van der Waals surface area contributed by atoms with Crippen LogP contribution in [0.15, 0.2) is 54.6 Å². The summed E-state index contributed by atoms with van der Waals surface area (Å²) in [7, 11) is -4.86. The highest BCUT2D eigenvalue weighted by Crippen LogP contribution is 2.45. The molecule has 3 N–H and O–H groups in total. The predicted molar refractivity (Wildman–Crippen MR) is 121 cm³/mol. The van der Waals surface area contributed by atoms with E-state index < -0.39 is 50.1 Å². The van der Waals surface area contributed by atoms with E-state index in [0.717, 1.165) is 17.3 Å². The molecule has 0 spiro atoms. The quantitative estimate of drug-likeness (QED) is 0.442. The van der Waals surface area contributed by atoms with Gasteiger partial charge in [-0.3, -0.25) is 9.36 Å². The maximum absolute atomic E-state index is 12.8. The number of thioether (sulfide) groups is 1. The first-order valence-corrected chi connectivity index (χ1v) is 13.0. The highest BCUT2D eigenvalue weighted by atomic mass is 32.2. The third kappa shape index (κ3) is 6.88. The van der Waals surface area contributed by atoms with E-state index in [2.05, 4.69) is 5.32 Å². The fourth-order valence-electron chi connectivity index (χ4n) is 3.40. The van der Waals surface area contributed by atoms with Crippen LogP contribution in [-0.4, -0.2) is 58.8 Å². The fraction of sp³-hybridized carbons (Fsp3) is 0.409. The average Bonchev–Trinajstić information content (AvgIpc) is 2.81. The van der Waals surface area contributed by atoms with Crippen molar-refractivity contribution in [1.82, 2.24) is 5.32 Å². The molecular weight excluding hydrogens is 469 g/mol. The van der Waals surface area contributed by atoms with Gasteiger partial charge in [0.2, 0.25) is 0 Å². The second-order valence-corrected chi connectivity index (χ2v) is 9.89. The lowest BCUT2D eigenvalue weighted by Gasteiger charge is -2.45. The lowest BCUT2D eigenvalue weighted by Crippen LogP contribution is -2.64. The molecule has 3 rings (SSSR count). The van der Waals surface area contributed by atoms with Crippen LogP contribution in [0.25, 0.3) is 0 Å². The van der Waals surface area contributed by atoms with Crippen LogP contribution in [0, 0.1) is 6.92 Å². The second kappa shape index (κ2) is 11.6. The van der Waals surface area contributed by atoms with E-state index in [1.165, 1.54) is 0 Å². The molecule has 33 heavy (non-hydrogen) atoms. The van der Waals surface area contributed by atoms with Crippen molar-refractivity contribution in [2.24, 2.45) is 0 Å². The molecule has 0 bridgehead atoms. The SMILES string of the molecule is CS[C@@H]1O[C@H](CO)[C@H](O)[C@H](NC(=O)c2ccc(C)cc2)[C@H]1OP(=O)([O-])OCc1ccccc1. The Morgan fingerprint density at radius 3 is 2.48 bits per heavy atom. The lowest BCUT2D eigenvalue weighted by molar-refractivity contribution is -0.243. The normalized spacial score (nSPS) is 27.0. The number of carbonyl (C=O) groups is 1. The van der Waals surface area contributed by atoms with Crippen molar-refractivity contribution in [3.63, 3.8) is 0 Å². The van der Waals surface area contributed by atoms with Crippen molar-refractivity contribution in [3.05, 3.63) is 71.3 Å². The minimum Gasteiger partial charge on any atom is -0.756 e. The van der Waals surface area contributed by atoms with Gasteiger partial charge in [-0.25, -0.2) is 0 Å². The zero-order valence-corrected chi connectivity index (χ0v) is 19.9. The topological polar surface area (TPSA) is 137 Å². The number of hydrogen-bond acceptors (Lipinski definition) is 9. The van der Waals surface area contributed by atoms with Gasteiger partial charge in [-0.2, -0.15) is 0 Å². The van der Waals surface area contributed by atoms with Crippen LogP contribution >= 0.6 is 19.6 Å². The first-order chi connectivity index (χ1) is 15.7. The number of carbonyl (C=O) groups excluding carboxylic acids is 1. The number of ether oxygens (including phenoxy) is 1. The van der Waals surface area contributed by atoms with Crippen molar-refractivity contribution in [1.29, 1.82) is 0 Å². The number of nitrogens with one attached hydrogen (secondary N) is 1. The Morgan fingerprint density at radius 2 is 1.88 bits per heavy atom. The summed E-state index contributed by atoms with van der Waals surface area (Å²) in [4.78, 5) is 25.4. The Labute approximate surface area is 196 Å². The highest BCUT2D eigenvalue weighted by molar-refractivity contribution is 7.99. The lowest BCUT2D eigenvalue weighted by atomic mass is 9.96. The number of benzene rings is 2. The Bertz CT molecular complexity index is 961. The Morgan fingerprint density at radius 1 is 1.21 bits per heavy atom. The van der Waals surface area contributed by atoms with Crippen molar-refractivity contribution in [2.45, 2.75) is 43.3 Å². The van der Waals surface area contributed by atoms with Crippen LogP contribution in [-0.2, 0) is 25.0 Å². The van der Waals surface area contributed by atoms with E-state index >= 15 is 0 Å². The molecular formula is C22H27NO8PS-. The van der Waals surface area contributed by atoms with Gasteiger partial charge in [-0.1, -0.05) is 48.0 Å². The minimum atomic E-state index is -4.86. The molecule has 9 nitrogen and oxygen atoms in total. The molecule has 2 aromatic carbocycles. The summed E-state index contributed by atoms with van der Waals surface area (Å²) in [6.45, 7) is 1.12. The first-order valence-electron chi connectivity index (χ1n) is 10.3. The summed E-state index contributed by atoms with van der Waals surface area (Å²) in [6.07, 6.45) is -2.10. The van der Waals surface area contributed by atoms with Crippen molar-refractivity contribution >= 4 is 25.5 Å². The summed E-state index contributed by atoms with van der Waals surface area (Å²) in [6, 6.07) is 14.2. The fourth-order valence-corrected chi connectivity index (χ4v) is 5.13. The number of hydrogen-bond donors (Lipinski definition) is 3. The van der Waals surface area contributed by atoms with Gasteiger partial charge in [0.1, 0.15) is 23.7 Å². The number of aliphatic hydroxyl groups is 2. The zero-order valence-electron chi connectivity index (χ0n) is 18.2. The smallest absolute Gasteiger partial charge is 0.268 e. The van der Waals surface area contributed by atoms with Crippen molar-refractivity contribution in [3.8, 4) is 0 Å². The Balaban J connectivity index is 1.80. The number of aryl methyl sites for hydroxylation is 1. The molecule has 6 atom stereocenters. The molecule has 1 saturated heterocycles. The summed E-state index contributed by atoms with van der Waals surface area (Å²) < 4.78 is 28.6. The van der Waals surface area contributed by atoms with Gasteiger partial charge >= 0.3 is 0 Å². The molecule has 1 heterocycles. The van der Waals surface area contributed by atoms with Crippen LogP contribution in [0.4, 0.5) is 0 Å². The molecule has 180 valence electrons. The summed E-state index contributed by atoms with van der Waals surface area (Å²) in [5, 5.41) is 23.0. The molecule has 1 aliphatic rings. The number of rotatable bonds is 9. The number of phosphoric ester groups is 1. The summed E-state index contributed by atoms with van der Waals surface area (Å²) >= 11 is 1.12. The van der Waals surface area contributed by atoms with Gasteiger partial charge in [-0.05, 0) is 30.9 Å². The van der Waals surface area contributed by atoms with Gasteiger partial charge in [0.25, 0.3) is 13.7 Å². The van der Waals surface area contributed by atoms with E-state index in [-0.39, 0.29) is 6.61 Å². The van der Waals surface area contributed by atoms with Crippen molar-refractivity contribution < 1.29 is 38.3 Å². The van der Waals surface area contributed by atoms with Gasteiger partial charge in [0.05, 0.1) is 19.3 Å². The largest absolute Gasteiger partial charge is 0.756 e. The molecule has 0 aromatic heterocycles. The zero-order chi connectivity index (χ0) is 24.0. The van der Waals surface area contributed by atoms with Gasteiger partial charge in [0.15, 0.2) is 0 Å². The Kier molecular flexibility index (Phi) is 9.09. The first kappa shape index (κ1) is 25.9. The molecule has 0 aliphatic carbocycles. The molecule has 11 heteroatoms. The molecule has 1 aliphatic heterocycles. The monoisotopic (exact) mass is 496 g/mol. The molecule has 0 saturated carbocycles. The molecule has 1 amide bonds. The third-order valence-corrected chi connectivity index (χ3v) is 6.98. The number of phosphoric acid groups is 1. The number of aliphatic hydroxyl groups excluding tert-OH is 2. The minimum absolute atomic E-state index is 0.235. The van der Waals surface area contributed by atoms with Crippen LogP contribution < -0.4 is 10.2 Å². The van der Waals surface area contributed by atoms with Crippen LogP contribution in [0.3, 0.4) is 0 Å². The molecule has 1 unspecified atom stereocenters. The third-order valence-electron chi connectivity index (χ3n) is 5.19. The van der Waals surface area contributed by atoms with E-state index in [9.17, 15) is 24.5 Å². The molecule has 2 aromatic rings. The summed E-state index contributed by atoms with van der Waals surface area (Å²) in [5.74, 6) is -0.531. The molecule has 1 fully saturated rings. The Hall–Kier alpha value is -1.75. The van der Waals surface area contributed by atoms with Gasteiger partial charge in [0, 0.05) is 5.56 Å². The average molecular weight is 496 g/mol. The standard InChI is InChI=1S/C22H28NO8PS/c1-14-8-10-16(11-9-14)21(26)23-18-19(25)17(12-24)30-22(33-2)20(18)31-32(27,28)29-13-15-6-4-3-5-7-15/h3-11,17-20,22,24-25H,12-13H2,1-2H3,(H,23,26)(H,27,28)/p-1/t17-,18+,19+,20-,22+/m1/s1. The van der Waals surface area contributed by atoms with Crippen molar-refractivity contribution in [2.75, 3.05) is 12.9 Å². The maximum Gasteiger partial charge on any atom is 0.268 e. The maximum atomic E-state index is 12.8. The van der Waals surface area contributed by atoms with E-state index in [1.54, 1.807) is 60.9 Å². The predicted octanol–water partition coefficient (Wildman–Crippen LogP) is 1.60. The van der Waals surface area contributed by atoms with E-state index in [4.69, 9.17) is 13.8 Å². The van der Waals surface area contributed by atoms with Gasteiger partial charge < -0.3 is 34.2 Å². The summed E-state index contributed by atoms with van der Waals surface area (Å²) in [5.41, 5.74) is 1.01. The van der Waals surface area contributed by atoms with Crippen LogP contribution in [0.2, 0.25) is 0 Å². The van der Waals surface area contributed by atoms with E-state index in [1.807, 2.05) is 6.92 Å². The van der Waals surface area contributed by atoms with E-state index in [0.29, 0.717) is 11.1 Å². The highest BCUT2D eigenvalue weighted by Gasteiger charge is 2.47. The second-order valence-electron chi connectivity index (χ2n) is 7.59. The molecule has 0 radical (unpaired) electrons. The van der Waals surface area contributed by atoms with Crippen LogP contribution in [0.5, 0.6) is 0 Å².